The van der Waals surface area contributed by atoms with Gasteiger partial charge in [0.05, 0.1) is 17.1 Å². The predicted octanol–water partition coefficient (Wildman–Crippen LogP) is 5.32. The standard InChI is InChI=1S/C25H34N2O4S/c1-3-4-5-8-19-31-24-10-7-6-9-23(24)25(28)26-21-11-13-22(14-12-21)32(29,30)27-17-15-20(2)16-18-27/h6-7,9-14,20H,3-5,8,15-19H2,1-2H3,(H,26,28). The number of rotatable bonds is 10. The lowest BCUT2D eigenvalue weighted by Crippen LogP contribution is -2.37. The number of anilines is 1. The molecule has 0 atom stereocenters. The van der Waals surface area contributed by atoms with Crippen molar-refractivity contribution in [2.45, 2.75) is 57.3 Å². The predicted molar refractivity (Wildman–Crippen MR) is 128 cm³/mol. The van der Waals surface area contributed by atoms with E-state index in [1.165, 1.54) is 6.42 Å². The van der Waals surface area contributed by atoms with Crippen molar-refractivity contribution >= 4 is 21.6 Å². The van der Waals surface area contributed by atoms with E-state index < -0.39 is 10.0 Å². The van der Waals surface area contributed by atoms with E-state index in [0.717, 1.165) is 32.1 Å². The van der Waals surface area contributed by atoms with Crippen LogP contribution < -0.4 is 10.1 Å². The molecule has 174 valence electrons. The maximum Gasteiger partial charge on any atom is 0.259 e. The Labute approximate surface area is 192 Å². The van der Waals surface area contributed by atoms with Crippen molar-refractivity contribution in [3.8, 4) is 5.75 Å². The fraction of sp³-hybridized carbons (Fsp3) is 0.480. The topological polar surface area (TPSA) is 75.7 Å². The SMILES string of the molecule is CCCCCCOc1ccccc1C(=O)Nc1ccc(S(=O)(=O)N2CCC(C)CC2)cc1. The van der Waals surface area contributed by atoms with E-state index in [4.69, 9.17) is 4.74 Å². The first-order chi connectivity index (χ1) is 15.4. The molecule has 0 bridgehead atoms. The summed E-state index contributed by atoms with van der Waals surface area (Å²) in [4.78, 5) is 13.1. The molecule has 2 aromatic carbocycles. The number of para-hydroxylation sites is 1. The smallest absolute Gasteiger partial charge is 0.259 e. The zero-order valence-corrected chi connectivity index (χ0v) is 19.9. The van der Waals surface area contributed by atoms with Crippen LogP contribution in [0.4, 0.5) is 5.69 Å². The third-order valence-corrected chi connectivity index (χ3v) is 7.79. The van der Waals surface area contributed by atoms with Gasteiger partial charge >= 0.3 is 0 Å². The molecule has 7 heteroatoms. The lowest BCUT2D eigenvalue weighted by Gasteiger charge is -2.29. The number of hydrogen-bond donors (Lipinski definition) is 1. The minimum atomic E-state index is -3.51. The first-order valence-corrected chi connectivity index (χ1v) is 13.0. The van der Waals surface area contributed by atoms with Crippen LogP contribution in [0, 0.1) is 5.92 Å². The molecule has 1 heterocycles. The molecule has 1 fully saturated rings. The summed E-state index contributed by atoms with van der Waals surface area (Å²) in [6, 6.07) is 13.5. The minimum Gasteiger partial charge on any atom is -0.493 e. The van der Waals surface area contributed by atoms with Gasteiger partial charge in [-0.1, -0.05) is 45.2 Å². The van der Waals surface area contributed by atoms with Crippen LogP contribution in [-0.2, 0) is 10.0 Å². The Morgan fingerprint density at radius 1 is 1.03 bits per heavy atom. The number of piperidine rings is 1. The summed E-state index contributed by atoms with van der Waals surface area (Å²) in [5.41, 5.74) is 1.00. The number of sulfonamides is 1. The molecular formula is C25H34N2O4S. The van der Waals surface area contributed by atoms with Crippen molar-refractivity contribution in [2.75, 3.05) is 25.0 Å². The van der Waals surface area contributed by atoms with Crippen molar-refractivity contribution in [2.24, 2.45) is 5.92 Å². The van der Waals surface area contributed by atoms with Gasteiger partial charge in [0.15, 0.2) is 0 Å². The molecule has 0 aromatic heterocycles. The zero-order valence-electron chi connectivity index (χ0n) is 19.0. The minimum absolute atomic E-state index is 0.251. The summed E-state index contributed by atoms with van der Waals surface area (Å²) in [6.07, 6.45) is 6.16. The third-order valence-electron chi connectivity index (χ3n) is 5.88. The summed E-state index contributed by atoms with van der Waals surface area (Å²) >= 11 is 0. The van der Waals surface area contributed by atoms with Crippen molar-refractivity contribution < 1.29 is 17.9 Å². The Morgan fingerprint density at radius 3 is 2.41 bits per heavy atom. The van der Waals surface area contributed by atoms with E-state index in [9.17, 15) is 13.2 Å². The first-order valence-electron chi connectivity index (χ1n) is 11.5. The Bertz CT molecular complexity index is 981. The molecule has 0 saturated carbocycles. The van der Waals surface area contributed by atoms with Gasteiger partial charge in [0.25, 0.3) is 5.91 Å². The Kier molecular flexibility index (Phi) is 8.70. The zero-order chi connectivity index (χ0) is 23.0. The highest BCUT2D eigenvalue weighted by Crippen LogP contribution is 2.25. The summed E-state index contributed by atoms with van der Waals surface area (Å²) < 4.78 is 33.1. The summed E-state index contributed by atoms with van der Waals surface area (Å²) in [5, 5.41) is 2.85. The van der Waals surface area contributed by atoms with Crippen LogP contribution in [0.5, 0.6) is 5.75 Å². The summed E-state index contributed by atoms with van der Waals surface area (Å²) in [7, 11) is -3.51. The second kappa shape index (κ2) is 11.5. The quantitative estimate of drug-likeness (QED) is 0.489. The third kappa shape index (κ3) is 6.33. The highest BCUT2D eigenvalue weighted by atomic mass is 32.2. The van der Waals surface area contributed by atoms with Crippen LogP contribution in [0.3, 0.4) is 0 Å². The van der Waals surface area contributed by atoms with Gasteiger partial charge in [0, 0.05) is 18.8 Å². The Balaban J connectivity index is 1.63. The lowest BCUT2D eigenvalue weighted by molar-refractivity contribution is 0.102. The Hall–Kier alpha value is -2.38. The molecule has 0 unspecified atom stereocenters. The van der Waals surface area contributed by atoms with Gasteiger partial charge in [-0.2, -0.15) is 4.31 Å². The average molecular weight is 459 g/mol. The monoisotopic (exact) mass is 458 g/mol. The van der Waals surface area contributed by atoms with Crippen molar-refractivity contribution in [1.82, 2.24) is 4.31 Å². The van der Waals surface area contributed by atoms with E-state index in [-0.39, 0.29) is 10.8 Å². The van der Waals surface area contributed by atoms with E-state index in [1.54, 1.807) is 46.8 Å². The maximum atomic E-state index is 12.9. The Morgan fingerprint density at radius 2 is 1.72 bits per heavy atom. The fourth-order valence-electron chi connectivity index (χ4n) is 3.77. The second-order valence-corrected chi connectivity index (χ2v) is 10.4. The average Bonchev–Trinajstić information content (AvgIpc) is 2.80. The normalized spacial score (nSPS) is 15.4. The van der Waals surface area contributed by atoms with Crippen LogP contribution in [0.15, 0.2) is 53.4 Å². The molecule has 6 nitrogen and oxygen atoms in total. The van der Waals surface area contributed by atoms with E-state index in [0.29, 0.717) is 42.6 Å². The van der Waals surface area contributed by atoms with E-state index in [2.05, 4.69) is 19.2 Å². The van der Waals surface area contributed by atoms with Crippen molar-refractivity contribution in [1.29, 1.82) is 0 Å². The molecule has 0 spiro atoms. The molecule has 0 radical (unpaired) electrons. The molecule has 32 heavy (non-hydrogen) atoms. The lowest BCUT2D eigenvalue weighted by atomic mass is 10.0. The van der Waals surface area contributed by atoms with Crippen molar-refractivity contribution in [3.63, 3.8) is 0 Å². The van der Waals surface area contributed by atoms with E-state index >= 15 is 0 Å². The molecule has 1 N–H and O–H groups in total. The number of carbonyl (C=O) groups is 1. The molecule has 2 aromatic rings. The van der Waals surface area contributed by atoms with Gasteiger partial charge in [0.2, 0.25) is 10.0 Å². The molecule has 1 aliphatic rings. The van der Waals surface area contributed by atoms with Crippen LogP contribution in [0.2, 0.25) is 0 Å². The van der Waals surface area contributed by atoms with Gasteiger partial charge in [-0.25, -0.2) is 8.42 Å². The largest absolute Gasteiger partial charge is 0.493 e. The van der Waals surface area contributed by atoms with Gasteiger partial charge in [0.1, 0.15) is 5.75 Å². The molecule has 0 aliphatic carbocycles. The van der Waals surface area contributed by atoms with Gasteiger partial charge < -0.3 is 10.1 Å². The number of nitrogens with one attached hydrogen (secondary N) is 1. The number of unbranched alkanes of at least 4 members (excludes halogenated alkanes) is 3. The number of benzene rings is 2. The van der Waals surface area contributed by atoms with Crippen LogP contribution in [0.25, 0.3) is 0 Å². The maximum absolute atomic E-state index is 12.9. The number of ether oxygens (including phenoxy) is 1. The molecule has 3 rings (SSSR count). The molecule has 1 amide bonds. The van der Waals surface area contributed by atoms with Crippen molar-refractivity contribution in [3.05, 3.63) is 54.1 Å². The summed E-state index contributed by atoms with van der Waals surface area (Å²) in [6.45, 7) is 5.99. The van der Waals surface area contributed by atoms with Crippen LogP contribution in [0.1, 0.15) is 62.7 Å². The number of nitrogens with zero attached hydrogens (tertiary/aromatic N) is 1. The first kappa shape index (κ1) is 24.3. The van der Waals surface area contributed by atoms with Gasteiger partial charge in [-0.05, 0) is 61.6 Å². The van der Waals surface area contributed by atoms with Gasteiger partial charge in [-0.3, -0.25) is 4.79 Å². The summed E-state index contributed by atoms with van der Waals surface area (Å²) in [5.74, 6) is 0.831. The molecule has 1 aliphatic heterocycles. The number of hydrogen-bond acceptors (Lipinski definition) is 4. The van der Waals surface area contributed by atoms with Crippen LogP contribution >= 0.6 is 0 Å². The number of carbonyl (C=O) groups excluding carboxylic acids is 1. The second-order valence-electron chi connectivity index (χ2n) is 8.47. The van der Waals surface area contributed by atoms with Gasteiger partial charge in [-0.15, -0.1) is 0 Å². The number of amides is 1. The van der Waals surface area contributed by atoms with Crippen LogP contribution in [-0.4, -0.2) is 38.3 Å². The highest BCUT2D eigenvalue weighted by Gasteiger charge is 2.28. The highest BCUT2D eigenvalue weighted by molar-refractivity contribution is 7.89. The molecule has 1 saturated heterocycles. The van der Waals surface area contributed by atoms with E-state index in [1.807, 2.05) is 6.07 Å². The molecular weight excluding hydrogens is 424 g/mol. The fourth-order valence-corrected chi connectivity index (χ4v) is 5.24.